The average molecular weight is 479 g/mol. The van der Waals surface area contributed by atoms with Gasteiger partial charge in [-0.25, -0.2) is 10.4 Å². The van der Waals surface area contributed by atoms with E-state index in [1.807, 2.05) is 60.4 Å². The molecule has 0 saturated carbocycles. The Hall–Kier alpha value is -4.26. The Bertz CT molecular complexity index is 1550. The van der Waals surface area contributed by atoms with E-state index >= 15 is 0 Å². The minimum absolute atomic E-state index is 0.0540. The van der Waals surface area contributed by atoms with Crippen LogP contribution in [-0.4, -0.2) is 28.6 Å². The summed E-state index contributed by atoms with van der Waals surface area (Å²) >= 11 is 0. The van der Waals surface area contributed by atoms with Gasteiger partial charge in [-0.3, -0.25) is 9.59 Å². The van der Waals surface area contributed by atoms with Crippen molar-refractivity contribution in [2.45, 2.75) is 45.6 Å². The molecule has 3 heterocycles. The van der Waals surface area contributed by atoms with Crippen molar-refractivity contribution in [1.29, 1.82) is 0 Å². The molecule has 180 valence electrons. The molecule has 1 aliphatic carbocycles. The summed E-state index contributed by atoms with van der Waals surface area (Å²) in [5, 5.41) is 5.43. The van der Waals surface area contributed by atoms with Crippen LogP contribution in [0.25, 0.3) is 10.9 Å². The number of aryl methyl sites for hydroxylation is 1. The number of carbonyl (C=O) groups excluding carboxylic acids is 2. The number of nitrogens with zero attached hydrogens (tertiary/aromatic N) is 3. The summed E-state index contributed by atoms with van der Waals surface area (Å²) in [5.74, 6) is 0.586. The Kier molecular flexibility index (Phi) is 5.40. The average Bonchev–Trinajstić information content (AvgIpc) is 3.42. The van der Waals surface area contributed by atoms with Gasteiger partial charge in [0.1, 0.15) is 11.5 Å². The maximum absolute atomic E-state index is 13.6. The lowest BCUT2D eigenvalue weighted by atomic mass is 9.93. The van der Waals surface area contributed by atoms with Gasteiger partial charge in [-0.15, -0.1) is 0 Å². The smallest absolute Gasteiger partial charge is 0.294 e. The van der Waals surface area contributed by atoms with Crippen molar-refractivity contribution in [3.63, 3.8) is 0 Å². The molecule has 1 aliphatic heterocycles. The summed E-state index contributed by atoms with van der Waals surface area (Å²) in [5.41, 5.74) is 8.14. The van der Waals surface area contributed by atoms with Crippen LogP contribution in [0.1, 0.15) is 63.3 Å². The SMILES string of the molecule is Cc1c(C(=O)N2c3ccccc3CC2C)oc2c1/C(=N/NC(=O)c1ccc3ccccc3n1)CCC2. The van der Waals surface area contributed by atoms with Crippen LogP contribution in [0.15, 0.2) is 70.2 Å². The fourth-order valence-electron chi connectivity index (χ4n) is 5.34. The van der Waals surface area contributed by atoms with Crippen LogP contribution in [0.3, 0.4) is 0 Å². The van der Waals surface area contributed by atoms with Gasteiger partial charge in [0, 0.05) is 34.7 Å². The van der Waals surface area contributed by atoms with Gasteiger partial charge in [0.15, 0.2) is 5.76 Å². The van der Waals surface area contributed by atoms with Crippen molar-refractivity contribution in [2.75, 3.05) is 4.90 Å². The molecule has 2 amide bonds. The third kappa shape index (κ3) is 3.68. The maximum Gasteiger partial charge on any atom is 0.294 e. The highest BCUT2D eigenvalue weighted by atomic mass is 16.4. The number of fused-ring (bicyclic) bond motifs is 3. The van der Waals surface area contributed by atoms with Gasteiger partial charge in [0.2, 0.25) is 0 Å². The number of aromatic nitrogens is 1. The van der Waals surface area contributed by atoms with Gasteiger partial charge < -0.3 is 9.32 Å². The number of anilines is 1. The van der Waals surface area contributed by atoms with Gasteiger partial charge in [0.25, 0.3) is 11.8 Å². The first kappa shape index (κ1) is 22.2. The molecule has 1 N–H and O–H groups in total. The van der Waals surface area contributed by atoms with Gasteiger partial charge in [0.05, 0.1) is 11.2 Å². The van der Waals surface area contributed by atoms with E-state index in [1.165, 1.54) is 5.56 Å². The summed E-state index contributed by atoms with van der Waals surface area (Å²) in [4.78, 5) is 32.7. The van der Waals surface area contributed by atoms with Crippen LogP contribution in [-0.2, 0) is 12.8 Å². The number of nitrogens with one attached hydrogen (secondary N) is 1. The fourth-order valence-corrected chi connectivity index (χ4v) is 5.34. The zero-order valence-electron chi connectivity index (χ0n) is 20.2. The minimum atomic E-state index is -0.375. The molecule has 2 aliphatic rings. The molecular weight excluding hydrogens is 452 g/mol. The van der Waals surface area contributed by atoms with Crippen molar-refractivity contribution in [2.24, 2.45) is 5.10 Å². The fraction of sp³-hybridized carbons (Fsp3) is 0.241. The van der Waals surface area contributed by atoms with E-state index in [1.54, 1.807) is 6.07 Å². The lowest BCUT2D eigenvalue weighted by molar-refractivity contribution is 0.0943. The third-order valence-corrected chi connectivity index (χ3v) is 7.07. The summed E-state index contributed by atoms with van der Waals surface area (Å²) in [6.45, 7) is 3.95. The molecule has 0 radical (unpaired) electrons. The molecule has 0 bridgehead atoms. The number of furan rings is 1. The van der Waals surface area contributed by atoms with E-state index < -0.39 is 0 Å². The number of benzene rings is 2. The van der Waals surface area contributed by atoms with E-state index in [9.17, 15) is 9.59 Å². The maximum atomic E-state index is 13.6. The predicted octanol–water partition coefficient (Wildman–Crippen LogP) is 5.20. The van der Waals surface area contributed by atoms with E-state index in [-0.39, 0.29) is 17.9 Å². The number of pyridine rings is 1. The lowest BCUT2D eigenvalue weighted by Crippen LogP contribution is -2.35. The first-order valence-electron chi connectivity index (χ1n) is 12.3. The minimum Gasteiger partial charge on any atom is -0.455 e. The molecule has 1 unspecified atom stereocenters. The van der Waals surface area contributed by atoms with Crippen molar-refractivity contribution in [3.8, 4) is 0 Å². The quantitative estimate of drug-likeness (QED) is 0.410. The normalized spacial score (nSPS) is 17.8. The topological polar surface area (TPSA) is 87.8 Å². The van der Waals surface area contributed by atoms with Gasteiger partial charge >= 0.3 is 0 Å². The second-order valence-corrected chi connectivity index (χ2v) is 9.45. The molecule has 1 atom stereocenters. The van der Waals surface area contributed by atoms with Crippen LogP contribution in [0, 0.1) is 6.92 Å². The lowest BCUT2D eigenvalue weighted by Gasteiger charge is -2.21. The number of rotatable bonds is 3. The van der Waals surface area contributed by atoms with Crippen molar-refractivity contribution in [3.05, 3.63) is 94.6 Å². The number of hydrogen-bond donors (Lipinski definition) is 1. The standard InChI is InChI=1S/C29H26N4O3/c1-17-16-20-9-4-6-12-24(20)33(17)29(35)27-18(2)26-22(11-7-13-25(26)36-27)31-32-28(34)23-15-14-19-8-3-5-10-21(19)30-23/h3-6,8-10,12,14-15,17H,7,11,13,16H2,1-2H3,(H,32,34)/b31-22+. The van der Waals surface area contributed by atoms with Crippen molar-refractivity contribution >= 4 is 34.1 Å². The van der Waals surface area contributed by atoms with E-state index in [0.29, 0.717) is 17.9 Å². The molecule has 0 fully saturated rings. The molecule has 2 aromatic carbocycles. The number of amides is 2. The Morgan fingerprint density at radius 2 is 1.86 bits per heavy atom. The molecular formula is C29H26N4O3. The first-order valence-corrected chi connectivity index (χ1v) is 12.3. The number of hydrazone groups is 1. The van der Waals surface area contributed by atoms with Crippen LogP contribution < -0.4 is 10.3 Å². The highest BCUT2D eigenvalue weighted by Gasteiger charge is 2.36. The summed E-state index contributed by atoms with van der Waals surface area (Å²) in [7, 11) is 0. The Balaban J connectivity index is 1.28. The largest absolute Gasteiger partial charge is 0.455 e. The Morgan fingerprint density at radius 1 is 1.06 bits per heavy atom. The van der Waals surface area contributed by atoms with Crippen molar-refractivity contribution in [1.82, 2.24) is 10.4 Å². The van der Waals surface area contributed by atoms with Gasteiger partial charge in [-0.05, 0) is 56.9 Å². The Morgan fingerprint density at radius 3 is 2.75 bits per heavy atom. The highest BCUT2D eigenvalue weighted by molar-refractivity contribution is 6.11. The summed E-state index contributed by atoms with van der Waals surface area (Å²) in [6.07, 6.45) is 3.08. The van der Waals surface area contributed by atoms with E-state index in [4.69, 9.17) is 4.42 Å². The molecule has 0 saturated heterocycles. The third-order valence-electron chi connectivity index (χ3n) is 7.07. The molecule has 4 aromatic rings. The van der Waals surface area contributed by atoms with E-state index in [0.717, 1.165) is 58.5 Å². The second kappa shape index (κ2) is 8.75. The predicted molar refractivity (Wildman–Crippen MR) is 139 cm³/mol. The summed E-state index contributed by atoms with van der Waals surface area (Å²) in [6, 6.07) is 19.3. The molecule has 2 aromatic heterocycles. The molecule has 6 rings (SSSR count). The molecule has 0 spiro atoms. The highest BCUT2D eigenvalue weighted by Crippen LogP contribution is 2.36. The molecule has 36 heavy (non-hydrogen) atoms. The van der Waals surface area contributed by atoms with Gasteiger partial charge in [-0.2, -0.15) is 5.10 Å². The number of carbonyl (C=O) groups is 2. The monoisotopic (exact) mass is 478 g/mol. The van der Waals surface area contributed by atoms with Gasteiger partial charge in [-0.1, -0.05) is 42.5 Å². The zero-order chi connectivity index (χ0) is 24.8. The Labute approximate surface area is 208 Å². The van der Waals surface area contributed by atoms with Crippen LogP contribution in [0.2, 0.25) is 0 Å². The molecule has 7 heteroatoms. The van der Waals surface area contributed by atoms with Crippen LogP contribution in [0.4, 0.5) is 5.69 Å². The van der Waals surface area contributed by atoms with E-state index in [2.05, 4.69) is 28.5 Å². The summed E-state index contributed by atoms with van der Waals surface area (Å²) < 4.78 is 6.15. The first-order chi connectivity index (χ1) is 17.5. The van der Waals surface area contributed by atoms with Crippen LogP contribution in [0.5, 0.6) is 0 Å². The zero-order valence-corrected chi connectivity index (χ0v) is 20.2. The second-order valence-electron chi connectivity index (χ2n) is 9.45. The molecule has 7 nitrogen and oxygen atoms in total. The van der Waals surface area contributed by atoms with Crippen molar-refractivity contribution < 1.29 is 14.0 Å². The van der Waals surface area contributed by atoms with Crippen LogP contribution >= 0.6 is 0 Å². The number of para-hydroxylation sites is 2. The number of hydrogen-bond acceptors (Lipinski definition) is 5.